The van der Waals surface area contributed by atoms with Gasteiger partial charge in [-0.1, -0.05) is 0 Å². The zero-order valence-electron chi connectivity index (χ0n) is 14.2. The number of nitrogens with one attached hydrogen (secondary N) is 1. The molecule has 128 valence electrons. The average Bonchev–Trinajstić information content (AvgIpc) is 3.05. The fourth-order valence-corrected chi connectivity index (χ4v) is 3.62. The Labute approximate surface area is 146 Å². The highest BCUT2D eigenvalue weighted by Gasteiger charge is 2.22. The molecule has 5 nitrogen and oxygen atoms in total. The van der Waals surface area contributed by atoms with Crippen LogP contribution in [0.5, 0.6) is 5.75 Å². The van der Waals surface area contributed by atoms with Gasteiger partial charge in [-0.05, 0) is 49.9 Å². The molecule has 2 heterocycles. The first-order valence-corrected chi connectivity index (χ1v) is 8.96. The molecule has 1 aromatic carbocycles. The lowest BCUT2D eigenvalue weighted by Gasteiger charge is -2.20. The van der Waals surface area contributed by atoms with Crippen LogP contribution in [-0.2, 0) is 9.53 Å². The number of ether oxygens (including phenoxy) is 2. The topological polar surface area (TPSA) is 60.5 Å². The number of carbonyl (C=O) groups is 1. The van der Waals surface area contributed by atoms with E-state index in [1.807, 2.05) is 25.3 Å². The number of benzene rings is 1. The van der Waals surface area contributed by atoms with Crippen molar-refractivity contribution in [2.45, 2.75) is 26.7 Å². The van der Waals surface area contributed by atoms with Crippen molar-refractivity contribution in [3.8, 4) is 17.0 Å². The van der Waals surface area contributed by atoms with Crippen molar-refractivity contribution >= 4 is 22.4 Å². The summed E-state index contributed by atoms with van der Waals surface area (Å²) in [6.45, 7) is 5.37. The molecule has 1 aliphatic rings. The minimum absolute atomic E-state index is 0.0241. The summed E-state index contributed by atoms with van der Waals surface area (Å²) >= 11 is 1.46. The fraction of sp³-hybridized carbons (Fsp3) is 0.444. The number of methoxy groups -OCH3 is 1. The van der Waals surface area contributed by atoms with Crippen LogP contribution in [0.3, 0.4) is 0 Å². The molecule has 2 aromatic rings. The molecular formula is C18H22N2O3S. The van der Waals surface area contributed by atoms with Crippen LogP contribution in [-0.4, -0.2) is 31.2 Å². The molecule has 0 spiro atoms. The standard InChI is InChI=1S/C18H22N2O3S/c1-11-9-16(22-3)12(2)8-14(11)15-10-24-18(19-15)20-17(21)13-4-6-23-7-5-13/h8-10,13H,4-7H2,1-3H3,(H,19,20,21). The zero-order valence-corrected chi connectivity index (χ0v) is 15.0. The molecule has 6 heteroatoms. The van der Waals surface area contributed by atoms with E-state index in [4.69, 9.17) is 9.47 Å². The summed E-state index contributed by atoms with van der Waals surface area (Å²) < 4.78 is 10.7. The minimum atomic E-state index is 0.0241. The van der Waals surface area contributed by atoms with Crippen molar-refractivity contribution in [3.05, 3.63) is 28.6 Å². The van der Waals surface area contributed by atoms with E-state index in [2.05, 4.69) is 16.4 Å². The molecule has 0 radical (unpaired) electrons. The summed E-state index contributed by atoms with van der Waals surface area (Å²) in [4.78, 5) is 16.9. The van der Waals surface area contributed by atoms with Gasteiger partial charge in [0.1, 0.15) is 5.75 Å². The molecule has 0 saturated carbocycles. The van der Waals surface area contributed by atoms with E-state index in [1.54, 1.807) is 7.11 Å². The molecule has 1 aromatic heterocycles. The van der Waals surface area contributed by atoms with Crippen LogP contribution in [0.1, 0.15) is 24.0 Å². The number of anilines is 1. The Morgan fingerprint density at radius 1 is 1.29 bits per heavy atom. The van der Waals surface area contributed by atoms with Crippen LogP contribution in [0, 0.1) is 19.8 Å². The van der Waals surface area contributed by atoms with Crippen molar-refractivity contribution in [2.75, 3.05) is 25.6 Å². The molecular weight excluding hydrogens is 324 g/mol. The maximum atomic E-state index is 12.3. The molecule has 1 saturated heterocycles. The molecule has 3 rings (SSSR count). The van der Waals surface area contributed by atoms with E-state index < -0.39 is 0 Å². The summed E-state index contributed by atoms with van der Waals surface area (Å²) in [5, 5.41) is 5.57. The summed E-state index contributed by atoms with van der Waals surface area (Å²) in [5.74, 6) is 0.942. The van der Waals surface area contributed by atoms with E-state index in [9.17, 15) is 4.79 Å². The molecule has 0 bridgehead atoms. The Hall–Kier alpha value is -1.92. The van der Waals surface area contributed by atoms with E-state index >= 15 is 0 Å². The lowest BCUT2D eigenvalue weighted by molar-refractivity contribution is -0.122. The van der Waals surface area contributed by atoms with Gasteiger partial charge in [-0.3, -0.25) is 4.79 Å². The van der Waals surface area contributed by atoms with Crippen LogP contribution in [0.2, 0.25) is 0 Å². The SMILES string of the molecule is COc1cc(C)c(-c2csc(NC(=O)C3CCOCC3)n2)cc1C. The monoisotopic (exact) mass is 346 g/mol. The van der Waals surface area contributed by atoms with E-state index in [0.717, 1.165) is 41.0 Å². The second-order valence-electron chi connectivity index (χ2n) is 6.05. The maximum Gasteiger partial charge on any atom is 0.229 e. The van der Waals surface area contributed by atoms with Gasteiger partial charge in [-0.2, -0.15) is 0 Å². The second-order valence-corrected chi connectivity index (χ2v) is 6.91. The first-order chi connectivity index (χ1) is 11.6. The molecule has 1 N–H and O–H groups in total. The van der Waals surface area contributed by atoms with Crippen molar-refractivity contribution < 1.29 is 14.3 Å². The minimum Gasteiger partial charge on any atom is -0.496 e. The fourth-order valence-electron chi connectivity index (χ4n) is 2.91. The Morgan fingerprint density at radius 2 is 2.04 bits per heavy atom. The van der Waals surface area contributed by atoms with Crippen LogP contribution in [0.4, 0.5) is 5.13 Å². The summed E-state index contributed by atoms with van der Waals surface area (Å²) in [7, 11) is 1.67. The highest BCUT2D eigenvalue weighted by Crippen LogP contribution is 2.32. The van der Waals surface area contributed by atoms with Crippen molar-refractivity contribution in [2.24, 2.45) is 5.92 Å². The van der Waals surface area contributed by atoms with Gasteiger partial charge in [-0.15, -0.1) is 11.3 Å². The predicted molar refractivity (Wildman–Crippen MR) is 95.7 cm³/mol. The Bertz CT molecular complexity index is 736. The van der Waals surface area contributed by atoms with Gasteiger partial charge >= 0.3 is 0 Å². The average molecular weight is 346 g/mol. The van der Waals surface area contributed by atoms with Gasteiger partial charge in [0.15, 0.2) is 5.13 Å². The lowest BCUT2D eigenvalue weighted by Crippen LogP contribution is -2.28. The zero-order chi connectivity index (χ0) is 17.1. The van der Waals surface area contributed by atoms with Gasteiger partial charge in [0.2, 0.25) is 5.91 Å². The van der Waals surface area contributed by atoms with Gasteiger partial charge in [-0.25, -0.2) is 4.98 Å². The summed E-state index contributed by atoms with van der Waals surface area (Å²) in [5.41, 5.74) is 4.12. The van der Waals surface area contributed by atoms with Crippen LogP contribution >= 0.6 is 11.3 Å². The number of nitrogens with zero attached hydrogens (tertiary/aromatic N) is 1. The third-order valence-electron chi connectivity index (χ3n) is 4.34. The summed E-state index contributed by atoms with van der Waals surface area (Å²) in [6.07, 6.45) is 1.56. The quantitative estimate of drug-likeness (QED) is 0.915. The molecule has 24 heavy (non-hydrogen) atoms. The molecule has 1 fully saturated rings. The van der Waals surface area contributed by atoms with Crippen LogP contribution < -0.4 is 10.1 Å². The Kier molecular flexibility index (Phi) is 5.16. The van der Waals surface area contributed by atoms with E-state index in [1.165, 1.54) is 11.3 Å². The Morgan fingerprint density at radius 3 is 2.75 bits per heavy atom. The predicted octanol–water partition coefficient (Wildman–Crippen LogP) is 3.80. The third-order valence-corrected chi connectivity index (χ3v) is 5.10. The van der Waals surface area contributed by atoms with Gasteiger partial charge in [0, 0.05) is 30.1 Å². The number of thiazole rings is 1. The van der Waals surface area contributed by atoms with E-state index in [0.29, 0.717) is 18.3 Å². The second kappa shape index (κ2) is 7.32. The van der Waals surface area contributed by atoms with Crippen molar-refractivity contribution in [1.29, 1.82) is 0 Å². The third kappa shape index (κ3) is 3.60. The highest BCUT2D eigenvalue weighted by atomic mass is 32.1. The summed E-state index contributed by atoms with van der Waals surface area (Å²) in [6, 6.07) is 4.09. The molecule has 1 amide bonds. The maximum absolute atomic E-state index is 12.3. The van der Waals surface area contributed by atoms with Crippen molar-refractivity contribution in [1.82, 2.24) is 4.98 Å². The normalized spacial score (nSPS) is 15.3. The molecule has 1 aliphatic heterocycles. The first kappa shape index (κ1) is 16.9. The Balaban J connectivity index is 1.76. The number of amides is 1. The van der Waals surface area contributed by atoms with Gasteiger partial charge in [0.25, 0.3) is 0 Å². The van der Waals surface area contributed by atoms with Gasteiger partial charge < -0.3 is 14.8 Å². The number of aryl methyl sites for hydroxylation is 2. The van der Waals surface area contributed by atoms with E-state index in [-0.39, 0.29) is 11.8 Å². The number of hydrogen-bond acceptors (Lipinski definition) is 5. The molecule has 0 atom stereocenters. The number of hydrogen-bond donors (Lipinski definition) is 1. The van der Waals surface area contributed by atoms with Crippen LogP contribution in [0.15, 0.2) is 17.5 Å². The highest BCUT2D eigenvalue weighted by molar-refractivity contribution is 7.14. The number of carbonyl (C=O) groups excluding carboxylic acids is 1. The van der Waals surface area contributed by atoms with Crippen LogP contribution in [0.25, 0.3) is 11.3 Å². The molecule has 0 aliphatic carbocycles. The largest absolute Gasteiger partial charge is 0.496 e. The number of rotatable bonds is 4. The van der Waals surface area contributed by atoms with Crippen molar-refractivity contribution in [3.63, 3.8) is 0 Å². The molecule has 0 unspecified atom stereocenters. The lowest BCUT2D eigenvalue weighted by atomic mass is 10.00. The smallest absolute Gasteiger partial charge is 0.229 e. The number of aromatic nitrogens is 1. The first-order valence-electron chi connectivity index (χ1n) is 8.08. The van der Waals surface area contributed by atoms with Gasteiger partial charge in [0.05, 0.1) is 12.8 Å².